The van der Waals surface area contributed by atoms with Crippen molar-refractivity contribution in [2.45, 2.75) is 46.6 Å². The molecule has 2 aromatic carbocycles. The van der Waals surface area contributed by atoms with Crippen molar-refractivity contribution in [2.75, 3.05) is 32.0 Å². The van der Waals surface area contributed by atoms with Crippen LogP contribution in [-0.2, 0) is 19.0 Å². The van der Waals surface area contributed by atoms with Crippen LogP contribution in [0.25, 0.3) is 5.70 Å². The van der Waals surface area contributed by atoms with E-state index in [1.807, 2.05) is 56.1 Å². The largest absolute Gasteiger partial charge is 0.392 e. The van der Waals surface area contributed by atoms with Gasteiger partial charge in [-0.1, -0.05) is 65.0 Å². The molecule has 0 saturated heterocycles. The number of nitrogens with one attached hydrogen (secondary N) is 5. The van der Waals surface area contributed by atoms with Crippen LogP contribution in [0.15, 0.2) is 79.8 Å². The van der Waals surface area contributed by atoms with Crippen molar-refractivity contribution in [3.05, 3.63) is 119 Å². The number of carbonyl (C=O) groups excluding carboxylic acids is 1. The molecule has 0 spiro atoms. The van der Waals surface area contributed by atoms with E-state index in [1.165, 1.54) is 11.1 Å². The smallest absolute Gasteiger partial charge is 0.256 e. The maximum absolute atomic E-state index is 13.6. The van der Waals surface area contributed by atoms with E-state index >= 15 is 0 Å². The molecule has 1 amide bonds. The van der Waals surface area contributed by atoms with Gasteiger partial charge in [-0.3, -0.25) is 4.79 Å². The lowest BCUT2D eigenvalue weighted by Gasteiger charge is -2.24. The van der Waals surface area contributed by atoms with Gasteiger partial charge in [0, 0.05) is 56.7 Å². The SMILES string of the molecule is C=C/C=C(/N/C(C=C)=C/NC)c1ncc(C#Cc2cc(C(=O)Nc3ccc(CNCCNCC)c(C(C)(C)C)c3)c(P)cc2C)n1C. The molecule has 1 heterocycles. The Bertz CT molecular complexity index is 1710. The molecule has 0 radical (unpaired) electrons. The number of carbonyl (C=O) groups is 1. The molecule has 47 heavy (non-hydrogen) atoms. The minimum absolute atomic E-state index is 0.0842. The predicted octanol–water partition coefficient (Wildman–Crippen LogP) is 5.24. The van der Waals surface area contributed by atoms with E-state index in [0.717, 1.165) is 65.4 Å². The summed E-state index contributed by atoms with van der Waals surface area (Å²) in [6.07, 6.45) is 8.81. The molecule has 0 aliphatic heterocycles. The van der Waals surface area contributed by atoms with E-state index in [2.05, 4.69) is 106 Å². The molecule has 3 rings (SSSR count). The molecule has 0 saturated carbocycles. The molecular weight excluding hydrogens is 601 g/mol. The highest BCUT2D eigenvalue weighted by atomic mass is 31.0. The van der Waals surface area contributed by atoms with Crippen LogP contribution in [-0.4, -0.2) is 42.1 Å². The van der Waals surface area contributed by atoms with E-state index in [1.54, 1.807) is 18.3 Å². The topological polar surface area (TPSA) is 95.0 Å². The van der Waals surface area contributed by atoms with Crippen LogP contribution in [0.1, 0.15) is 71.8 Å². The van der Waals surface area contributed by atoms with Gasteiger partial charge in [0.2, 0.25) is 0 Å². The fourth-order valence-corrected chi connectivity index (χ4v) is 5.46. The summed E-state index contributed by atoms with van der Waals surface area (Å²) in [6, 6.07) is 10.00. The molecule has 0 bridgehead atoms. The fraction of sp³-hybridized carbons (Fsp3) is 0.316. The van der Waals surface area contributed by atoms with Crippen LogP contribution in [0, 0.1) is 18.8 Å². The summed E-state index contributed by atoms with van der Waals surface area (Å²) in [5.41, 5.74) is 7.66. The molecule has 5 N–H and O–H groups in total. The van der Waals surface area contributed by atoms with Crippen molar-refractivity contribution >= 4 is 31.8 Å². The second-order valence-corrected chi connectivity index (χ2v) is 12.8. The Kier molecular flexibility index (Phi) is 13.8. The number of hydrogen-bond donors (Lipinski definition) is 5. The van der Waals surface area contributed by atoms with Crippen LogP contribution in [0.2, 0.25) is 0 Å². The maximum atomic E-state index is 13.6. The Labute approximate surface area is 283 Å². The molecule has 3 aromatic rings. The summed E-state index contributed by atoms with van der Waals surface area (Å²) in [4.78, 5) is 18.2. The molecule has 0 aliphatic rings. The van der Waals surface area contributed by atoms with Gasteiger partial charge in [0.25, 0.3) is 5.91 Å². The number of nitrogens with zero attached hydrogens (tertiary/aromatic N) is 2. The number of anilines is 1. The summed E-state index contributed by atoms with van der Waals surface area (Å²) < 4.78 is 1.91. The van der Waals surface area contributed by atoms with Crippen molar-refractivity contribution in [1.82, 2.24) is 30.8 Å². The van der Waals surface area contributed by atoms with Gasteiger partial charge in [-0.05, 0) is 77.1 Å². The van der Waals surface area contributed by atoms with E-state index in [0.29, 0.717) is 11.4 Å². The summed E-state index contributed by atoms with van der Waals surface area (Å²) in [5, 5.41) is 17.1. The lowest BCUT2D eigenvalue weighted by Crippen LogP contribution is -2.28. The van der Waals surface area contributed by atoms with Gasteiger partial charge in [-0.25, -0.2) is 4.98 Å². The number of imidazole rings is 1. The molecule has 9 heteroatoms. The zero-order chi connectivity index (χ0) is 34.6. The molecule has 1 aromatic heterocycles. The quantitative estimate of drug-likeness (QED) is 0.0709. The zero-order valence-electron chi connectivity index (χ0n) is 28.9. The van der Waals surface area contributed by atoms with Crippen molar-refractivity contribution in [3.63, 3.8) is 0 Å². The normalized spacial score (nSPS) is 11.8. The second kappa shape index (κ2) is 17.5. The summed E-state index contributed by atoms with van der Waals surface area (Å²) in [7, 11) is 6.42. The maximum Gasteiger partial charge on any atom is 0.256 e. The number of benzene rings is 2. The van der Waals surface area contributed by atoms with Gasteiger partial charge in [-0.15, -0.1) is 9.24 Å². The van der Waals surface area contributed by atoms with E-state index in [4.69, 9.17) is 0 Å². The van der Waals surface area contributed by atoms with Gasteiger partial charge < -0.3 is 31.2 Å². The zero-order valence-corrected chi connectivity index (χ0v) is 30.1. The minimum Gasteiger partial charge on any atom is -0.392 e. The standard InChI is InChI=1S/C38H50N7OP/c1-10-13-34(43-29(11-2)24-39-8)36-42-25-31(45(36)9)17-15-27-21-32(35(47)20-26(27)4)37(46)44-30-16-14-28(23-41-19-18-40-12-3)33(22-30)38(5,6)7/h10-11,13-14,16,20-22,24-25,39-41,43H,1-2,12,18-19,23,47H2,3-9H3,(H,44,46)/b29-24+,34-13+. The minimum atomic E-state index is -0.185. The Morgan fingerprint density at radius 1 is 1.11 bits per heavy atom. The molecule has 0 fully saturated rings. The van der Waals surface area contributed by atoms with Gasteiger partial charge in [0.1, 0.15) is 5.69 Å². The van der Waals surface area contributed by atoms with Gasteiger partial charge in [0.15, 0.2) is 5.82 Å². The first-order chi connectivity index (χ1) is 22.4. The molecule has 248 valence electrons. The first-order valence-electron chi connectivity index (χ1n) is 15.8. The Morgan fingerprint density at radius 3 is 2.51 bits per heavy atom. The predicted molar refractivity (Wildman–Crippen MR) is 202 cm³/mol. The van der Waals surface area contributed by atoms with Crippen LogP contribution in [0.4, 0.5) is 5.69 Å². The average molecular weight is 652 g/mol. The fourth-order valence-electron chi connectivity index (χ4n) is 5.00. The van der Waals surface area contributed by atoms with E-state index < -0.39 is 0 Å². The Morgan fingerprint density at radius 2 is 1.85 bits per heavy atom. The van der Waals surface area contributed by atoms with Crippen molar-refractivity contribution < 1.29 is 4.79 Å². The highest BCUT2D eigenvalue weighted by Gasteiger charge is 2.20. The first-order valence-corrected chi connectivity index (χ1v) is 16.4. The number of aromatic nitrogens is 2. The lowest BCUT2D eigenvalue weighted by atomic mass is 9.83. The molecule has 1 unspecified atom stereocenters. The summed E-state index contributed by atoms with van der Waals surface area (Å²) in [6.45, 7) is 21.9. The third-order valence-corrected chi connectivity index (χ3v) is 7.98. The third kappa shape index (κ3) is 10.3. The average Bonchev–Trinajstić information content (AvgIpc) is 3.39. The van der Waals surface area contributed by atoms with E-state index in [9.17, 15) is 4.79 Å². The Balaban J connectivity index is 1.86. The van der Waals surface area contributed by atoms with Crippen molar-refractivity contribution in [3.8, 4) is 11.8 Å². The van der Waals surface area contributed by atoms with Crippen LogP contribution >= 0.6 is 9.24 Å². The number of hydrogen-bond acceptors (Lipinski definition) is 6. The molecule has 1 atom stereocenters. The lowest BCUT2D eigenvalue weighted by molar-refractivity contribution is 0.102. The second-order valence-electron chi connectivity index (χ2n) is 12.2. The molecule has 0 aliphatic carbocycles. The van der Waals surface area contributed by atoms with Gasteiger partial charge in [-0.2, -0.15) is 0 Å². The monoisotopic (exact) mass is 651 g/mol. The molecule has 8 nitrogen and oxygen atoms in total. The van der Waals surface area contributed by atoms with Crippen molar-refractivity contribution in [2.24, 2.45) is 7.05 Å². The van der Waals surface area contributed by atoms with Crippen LogP contribution in [0.5, 0.6) is 0 Å². The highest BCUT2D eigenvalue weighted by molar-refractivity contribution is 7.27. The van der Waals surface area contributed by atoms with Gasteiger partial charge >= 0.3 is 0 Å². The Hall–Kier alpha value is -4.41. The summed E-state index contributed by atoms with van der Waals surface area (Å²) in [5.74, 6) is 7.03. The third-order valence-electron chi connectivity index (χ3n) is 7.50. The first kappa shape index (κ1) is 37.1. The van der Waals surface area contributed by atoms with Gasteiger partial charge in [0.05, 0.1) is 17.6 Å². The number of rotatable bonds is 14. The number of aryl methyl sites for hydroxylation is 1. The van der Waals surface area contributed by atoms with Crippen LogP contribution in [0.3, 0.4) is 0 Å². The summed E-state index contributed by atoms with van der Waals surface area (Å²) >= 11 is 0. The number of likely N-dealkylation sites (N-methyl/N-ethyl adjacent to an activating group) is 1. The number of allylic oxidation sites excluding steroid dienone is 3. The van der Waals surface area contributed by atoms with Crippen LogP contribution < -0.4 is 31.9 Å². The molecular formula is C38H50N7OP. The van der Waals surface area contributed by atoms with E-state index in [-0.39, 0.29) is 11.3 Å². The number of amides is 1. The van der Waals surface area contributed by atoms with Crippen molar-refractivity contribution in [1.29, 1.82) is 0 Å². The highest BCUT2D eigenvalue weighted by Crippen LogP contribution is 2.29.